The van der Waals surface area contributed by atoms with Gasteiger partial charge in [0.05, 0.1) is 17.1 Å². The Morgan fingerprint density at radius 3 is 3.13 bits per heavy atom. The summed E-state index contributed by atoms with van der Waals surface area (Å²) in [5.41, 5.74) is 2.58. The van der Waals surface area contributed by atoms with E-state index in [2.05, 4.69) is 38.7 Å². The largest absolute Gasteiger partial charge is 0.361 e. The summed E-state index contributed by atoms with van der Waals surface area (Å²) >= 11 is 1.78. The zero-order valence-corrected chi connectivity index (χ0v) is 14.2. The van der Waals surface area contributed by atoms with Gasteiger partial charge >= 0.3 is 0 Å². The third-order valence-corrected chi connectivity index (χ3v) is 5.58. The van der Waals surface area contributed by atoms with Gasteiger partial charge in [-0.2, -0.15) is 5.10 Å². The van der Waals surface area contributed by atoms with Crippen molar-refractivity contribution < 1.29 is 0 Å². The molecule has 0 unspecified atom stereocenters. The van der Waals surface area contributed by atoms with Crippen LogP contribution in [0.1, 0.15) is 35.5 Å². The van der Waals surface area contributed by atoms with Crippen molar-refractivity contribution in [1.29, 1.82) is 0 Å². The zero-order valence-electron chi connectivity index (χ0n) is 13.3. The molecule has 0 aromatic carbocycles. The number of nitrogens with zero attached hydrogens (tertiary/aromatic N) is 4. The molecule has 1 atom stereocenters. The Morgan fingerprint density at radius 1 is 1.43 bits per heavy atom. The third-order valence-electron chi connectivity index (χ3n) is 4.44. The van der Waals surface area contributed by atoms with Gasteiger partial charge < -0.3 is 10.6 Å². The Morgan fingerprint density at radius 2 is 2.35 bits per heavy atom. The standard InChI is InChI=1S/C16H20N6S/c1-3-11(12-5-7-20-22(12)2)21-15-14-10-4-6-17-8-13(10)23-16(14)19-9-18-15/h5,7,9,11,17H,3-4,6,8H2,1-2H3,(H,18,19,21)/t11-/m0/s1. The SMILES string of the molecule is CC[C@H](Nc1ncnc2sc3c(c12)CCNC3)c1ccnn1C. The summed E-state index contributed by atoms with van der Waals surface area (Å²) in [4.78, 5) is 11.5. The van der Waals surface area contributed by atoms with E-state index in [-0.39, 0.29) is 6.04 Å². The van der Waals surface area contributed by atoms with Crippen molar-refractivity contribution in [3.05, 3.63) is 34.7 Å². The van der Waals surface area contributed by atoms with Crippen LogP contribution in [-0.4, -0.2) is 26.3 Å². The van der Waals surface area contributed by atoms with E-state index in [1.54, 1.807) is 17.7 Å². The van der Waals surface area contributed by atoms with Gasteiger partial charge in [-0.3, -0.25) is 4.68 Å². The van der Waals surface area contributed by atoms with Crippen molar-refractivity contribution in [2.75, 3.05) is 11.9 Å². The molecule has 0 saturated carbocycles. The van der Waals surface area contributed by atoms with Gasteiger partial charge in [-0.1, -0.05) is 6.92 Å². The first-order valence-electron chi connectivity index (χ1n) is 7.98. The summed E-state index contributed by atoms with van der Waals surface area (Å²) in [5, 5.41) is 12.5. The van der Waals surface area contributed by atoms with E-state index in [1.165, 1.54) is 21.5 Å². The molecular formula is C16H20N6S. The van der Waals surface area contributed by atoms with E-state index < -0.39 is 0 Å². The smallest absolute Gasteiger partial charge is 0.139 e. The van der Waals surface area contributed by atoms with Gasteiger partial charge in [0.25, 0.3) is 0 Å². The highest BCUT2D eigenvalue weighted by Crippen LogP contribution is 2.36. The maximum atomic E-state index is 4.55. The first-order chi connectivity index (χ1) is 11.3. The highest BCUT2D eigenvalue weighted by molar-refractivity contribution is 7.18. The van der Waals surface area contributed by atoms with Crippen LogP contribution >= 0.6 is 11.3 Å². The van der Waals surface area contributed by atoms with Gasteiger partial charge in [0, 0.05) is 24.7 Å². The molecule has 3 aromatic rings. The molecule has 0 radical (unpaired) electrons. The molecule has 4 rings (SSSR count). The molecule has 23 heavy (non-hydrogen) atoms. The number of fused-ring (bicyclic) bond motifs is 3. The van der Waals surface area contributed by atoms with Crippen LogP contribution in [-0.2, 0) is 20.0 Å². The fourth-order valence-corrected chi connectivity index (χ4v) is 4.40. The number of anilines is 1. The molecule has 2 N–H and O–H groups in total. The summed E-state index contributed by atoms with van der Waals surface area (Å²) in [6, 6.07) is 2.25. The maximum absolute atomic E-state index is 4.55. The van der Waals surface area contributed by atoms with Gasteiger partial charge in [0.1, 0.15) is 17.0 Å². The molecule has 0 fully saturated rings. The Balaban J connectivity index is 1.76. The average molecular weight is 328 g/mol. The van der Waals surface area contributed by atoms with Crippen molar-refractivity contribution in [2.45, 2.75) is 32.4 Å². The minimum atomic E-state index is 0.192. The van der Waals surface area contributed by atoms with Crippen LogP contribution in [0.15, 0.2) is 18.6 Å². The molecular weight excluding hydrogens is 308 g/mol. The predicted octanol–water partition coefficient (Wildman–Crippen LogP) is 2.63. The number of hydrogen-bond donors (Lipinski definition) is 2. The minimum Gasteiger partial charge on any atom is -0.361 e. The molecule has 0 aliphatic carbocycles. The van der Waals surface area contributed by atoms with E-state index in [1.807, 2.05) is 17.9 Å². The van der Waals surface area contributed by atoms with Crippen molar-refractivity contribution in [3.8, 4) is 0 Å². The van der Waals surface area contributed by atoms with Crippen molar-refractivity contribution in [2.24, 2.45) is 7.05 Å². The van der Waals surface area contributed by atoms with Crippen LogP contribution in [0, 0.1) is 0 Å². The Labute approximate surface area is 139 Å². The third kappa shape index (κ3) is 2.49. The number of hydrogen-bond acceptors (Lipinski definition) is 6. The van der Waals surface area contributed by atoms with Gasteiger partial charge in [-0.15, -0.1) is 11.3 Å². The quantitative estimate of drug-likeness (QED) is 0.770. The molecule has 0 bridgehead atoms. The summed E-state index contributed by atoms with van der Waals surface area (Å²) in [5.74, 6) is 0.947. The molecule has 0 spiro atoms. The summed E-state index contributed by atoms with van der Waals surface area (Å²) in [6.07, 6.45) is 5.52. The van der Waals surface area contributed by atoms with Gasteiger partial charge in [0.15, 0.2) is 0 Å². The molecule has 0 amide bonds. The number of nitrogens with one attached hydrogen (secondary N) is 2. The van der Waals surface area contributed by atoms with Crippen molar-refractivity contribution in [1.82, 2.24) is 25.1 Å². The zero-order chi connectivity index (χ0) is 15.8. The molecule has 3 aromatic heterocycles. The van der Waals surface area contributed by atoms with Crippen molar-refractivity contribution in [3.63, 3.8) is 0 Å². The van der Waals surface area contributed by atoms with Gasteiger partial charge in [-0.25, -0.2) is 9.97 Å². The number of rotatable bonds is 4. The molecule has 6 nitrogen and oxygen atoms in total. The van der Waals surface area contributed by atoms with E-state index in [0.29, 0.717) is 0 Å². The van der Waals surface area contributed by atoms with E-state index in [0.717, 1.165) is 36.6 Å². The van der Waals surface area contributed by atoms with Crippen LogP contribution in [0.25, 0.3) is 10.2 Å². The highest BCUT2D eigenvalue weighted by atomic mass is 32.1. The topological polar surface area (TPSA) is 67.7 Å². The fraction of sp³-hybridized carbons (Fsp3) is 0.438. The number of aryl methyl sites for hydroxylation is 1. The lowest BCUT2D eigenvalue weighted by molar-refractivity contribution is 0.632. The van der Waals surface area contributed by atoms with E-state index in [9.17, 15) is 0 Å². The van der Waals surface area contributed by atoms with Crippen LogP contribution in [0.4, 0.5) is 5.82 Å². The molecule has 4 heterocycles. The molecule has 7 heteroatoms. The maximum Gasteiger partial charge on any atom is 0.139 e. The van der Waals surface area contributed by atoms with Crippen molar-refractivity contribution >= 4 is 27.4 Å². The van der Waals surface area contributed by atoms with Crippen LogP contribution in [0.3, 0.4) is 0 Å². The Bertz CT molecular complexity index is 836. The van der Waals surface area contributed by atoms with E-state index in [4.69, 9.17) is 0 Å². The molecule has 1 aliphatic rings. The Kier molecular flexibility index (Phi) is 3.74. The van der Waals surface area contributed by atoms with E-state index >= 15 is 0 Å². The lowest BCUT2D eigenvalue weighted by atomic mass is 10.1. The second-order valence-corrected chi connectivity index (χ2v) is 6.90. The highest BCUT2D eigenvalue weighted by Gasteiger charge is 2.21. The fourth-order valence-electron chi connectivity index (χ4n) is 3.24. The normalized spacial score (nSPS) is 15.6. The summed E-state index contributed by atoms with van der Waals surface area (Å²) in [7, 11) is 1.98. The Hall–Kier alpha value is -1.99. The number of aromatic nitrogens is 4. The summed E-state index contributed by atoms with van der Waals surface area (Å²) in [6.45, 7) is 4.14. The lowest BCUT2D eigenvalue weighted by Gasteiger charge is -2.19. The summed E-state index contributed by atoms with van der Waals surface area (Å²) < 4.78 is 1.92. The predicted molar refractivity (Wildman–Crippen MR) is 92.7 cm³/mol. The molecule has 1 aliphatic heterocycles. The average Bonchev–Trinajstić information content (AvgIpc) is 3.16. The van der Waals surface area contributed by atoms with Crippen LogP contribution in [0.2, 0.25) is 0 Å². The molecule has 0 saturated heterocycles. The number of thiophene rings is 1. The lowest BCUT2D eigenvalue weighted by Crippen LogP contribution is -2.22. The van der Waals surface area contributed by atoms with Gasteiger partial charge in [-0.05, 0) is 31.0 Å². The van der Waals surface area contributed by atoms with Crippen LogP contribution in [0.5, 0.6) is 0 Å². The molecule has 120 valence electrons. The first-order valence-corrected chi connectivity index (χ1v) is 8.80. The minimum absolute atomic E-state index is 0.192. The van der Waals surface area contributed by atoms with Crippen LogP contribution < -0.4 is 10.6 Å². The second kappa shape index (κ2) is 5.90. The second-order valence-electron chi connectivity index (χ2n) is 5.82. The van der Waals surface area contributed by atoms with Gasteiger partial charge in [0.2, 0.25) is 0 Å². The first kappa shape index (κ1) is 14.6. The monoisotopic (exact) mass is 328 g/mol.